The van der Waals surface area contributed by atoms with Crippen molar-refractivity contribution in [2.45, 2.75) is 39.5 Å². The Morgan fingerprint density at radius 3 is 2.25 bits per heavy atom. The Bertz CT molecular complexity index is 186. The number of ether oxygens (including phenoxy) is 1. The van der Waals surface area contributed by atoms with Crippen LogP contribution in [-0.4, -0.2) is 17.7 Å². The average molecular weight is 228 g/mol. The first kappa shape index (κ1) is 17.2. The van der Waals surface area contributed by atoms with Crippen LogP contribution in [0.2, 0.25) is 0 Å². The van der Waals surface area contributed by atoms with Gasteiger partial charge in [-0.25, -0.2) is 4.79 Å². The Labute approximate surface area is 98.8 Å². The predicted octanol–water partition coefficient (Wildman–Crippen LogP) is 3.62. The van der Waals surface area contributed by atoms with Crippen LogP contribution in [0.5, 0.6) is 0 Å². The second kappa shape index (κ2) is 13.8. The second-order valence-corrected chi connectivity index (χ2v) is 3.82. The Morgan fingerprint density at radius 2 is 1.88 bits per heavy atom. The molecule has 0 heterocycles. The van der Waals surface area contributed by atoms with Crippen LogP contribution in [0.3, 0.4) is 0 Å². The summed E-state index contributed by atoms with van der Waals surface area (Å²) >= 11 is 0. The van der Waals surface area contributed by atoms with Gasteiger partial charge in [0.2, 0.25) is 0 Å². The Hall–Kier alpha value is -1.25. The fourth-order valence-electron chi connectivity index (χ4n) is 0.998. The van der Waals surface area contributed by atoms with Gasteiger partial charge in [0.05, 0.1) is 12.9 Å². The lowest BCUT2D eigenvalue weighted by Crippen LogP contribution is -1.90. The summed E-state index contributed by atoms with van der Waals surface area (Å²) in [5, 5.41) is 7.60. The summed E-state index contributed by atoms with van der Waals surface area (Å²) in [6.45, 7) is 11.8. The van der Waals surface area contributed by atoms with Crippen molar-refractivity contribution in [2.75, 3.05) is 6.61 Å². The molecule has 1 N–H and O–H groups in total. The van der Waals surface area contributed by atoms with Crippen LogP contribution < -0.4 is 0 Å². The van der Waals surface area contributed by atoms with Crippen molar-refractivity contribution in [1.82, 2.24) is 0 Å². The van der Waals surface area contributed by atoms with Gasteiger partial charge in [0, 0.05) is 6.08 Å². The molecule has 0 amide bonds. The molecule has 0 aliphatic carbocycles. The Kier molecular flexibility index (Phi) is 14.7. The maximum Gasteiger partial charge on any atom is 0.327 e. The lowest BCUT2D eigenvalue weighted by atomic mass is 10.1. The molecule has 0 aromatic rings. The summed E-state index contributed by atoms with van der Waals surface area (Å²) in [5.41, 5.74) is 0. The highest BCUT2D eigenvalue weighted by Gasteiger charge is 1.93. The topological polar surface area (TPSA) is 46.5 Å². The summed E-state index contributed by atoms with van der Waals surface area (Å²) < 4.78 is 5.00. The van der Waals surface area contributed by atoms with Crippen molar-refractivity contribution >= 4 is 5.97 Å². The number of unbranched alkanes of at least 4 members (excludes halogenated alkanes) is 2. The van der Waals surface area contributed by atoms with Gasteiger partial charge in [-0.3, -0.25) is 0 Å². The molecular formula is C13H24O3. The zero-order chi connectivity index (χ0) is 12.8. The van der Waals surface area contributed by atoms with Crippen LogP contribution in [0.15, 0.2) is 25.5 Å². The number of carboxylic acids is 1. The summed E-state index contributed by atoms with van der Waals surface area (Å²) in [4.78, 5) is 9.25. The smallest absolute Gasteiger partial charge is 0.327 e. The molecule has 0 atom stereocenters. The molecule has 0 rings (SSSR count). The van der Waals surface area contributed by atoms with Crippen LogP contribution in [0, 0.1) is 5.92 Å². The lowest BCUT2D eigenvalue weighted by Gasteiger charge is -2.03. The van der Waals surface area contributed by atoms with Gasteiger partial charge < -0.3 is 9.84 Å². The van der Waals surface area contributed by atoms with Gasteiger partial charge in [-0.05, 0) is 12.3 Å². The number of rotatable bonds is 8. The molecule has 0 bridgehead atoms. The van der Waals surface area contributed by atoms with E-state index < -0.39 is 5.97 Å². The molecule has 0 aliphatic rings. The number of carbonyl (C=O) groups is 1. The third kappa shape index (κ3) is 23.0. The molecule has 0 aliphatic heterocycles. The molecule has 0 saturated carbocycles. The molecule has 94 valence electrons. The van der Waals surface area contributed by atoms with Crippen molar-refractivity contribution in [3.8, 4) is 0 Å². The van der Waals surface area contributed by atoms with E-state index in [-0.39, 0.29) is 0 Å². The molecule has 0 radical (unpaired) electrons. The molecule has 0 aromatic heterocycles. The van der Waals surface area contributed by atoms with Gasteiger partial charge in [-0.15, -0.1) is 0 Å². The summed E-state index contributed by atoms with van der Waals surface area (Å²) in [5.74, 6) is -0.139. The van der Waals surface area contributed by atoms with Crippen molar-refractivity contribution in [3.63, 3.8) is 0 Å². The zero-order valence-electron chi connectivity index (χ0n) is 10.4. The molecule has 0 unspecified atom stereocenters. The maximum absolute atomic E-state index is 9.25. The predicted molar refractivity (Wildman–Crippen MR) is 67.3 cm³/mol. The van der Waals surface area contributed by atoms with Gasteiger partial charge in [0.1, 0.15) is 0 Å². The number of aliphatic carboxylic acids is 1. The minimum Gasteiger partial charge on any atom is -0.502 e. The first-order chi connectivity index (χ1) is 7.54. The monoisotopic (exact) mass is 228 g/mol. The third-order valence-corrected chi connectivity index (χ3v) is 1.84. The fourth-order valence-corrected chi connectivity index (χ4v) is 0.998. The molecule has 0 spiro atoms. The highest BCUT2D eigenvalue weighted by atomic mass is 16.5. The van der Waals surface area contributed by atoms with E-state index in [2.05, 4.69) is 27.0 Å². The van der Waals surface area contributed by atoms with Gasteiger partial charge in [0.15, 0.2) is 0 Å². The van der Waals surface area contributed by atoms with Gasteiger partial charge in [-0.1, -0.05) is 46.3 Å². The van der Waals surface area contributed by atoms with E-state index in [1.807, 2.05) is 0 Å². The largest absolute Gasteiger partial charge is 0.502 e. The average Bonchev–Trinajstić information content (AvgIpc) is 2.23. The van der Waals surface area contributed by atoms with Crippen LogP contribution in [0.1, 0.15) is 39.5 Å². The van der Waals surface area contributed by atoms with Crippen molar-refractivity contribution in [2.24, 2.45) is 5.92 Å². The van der Waals surface area contributed by atoms with E-state index >= 15 is 0 Å². The summed E-state index contributed by atoms with van der Waals surface area (Å²) in [6, 6.07) is 0. The molecule has 3 nitrogen and oxygen atoms in total. The normalized spacial score (nSPS) is 8.94. The second-order valence-electron chi connectivity index (χ2n) is 3.82. The standard InChI is InChI=1S/C10H20O.C3H4O2/c1-4-11-9-7-5-6-8-10(2)3;1-2-3(4)5/h4,10H,1,5-9H2,2-3H3;2H,1H2,(H,4,5). The van der Waals surface area contributed by atoms with Gasteiger partial charge in [-0.2, -0.15) is 0 Å². The summed E-state index contributed by atoms with van der Waals surface area (Å²) in [7, 11) is 0. The van der Waals surface area contributed by atoms with Gasteiger partial charge >= 0.3 is 5.97 Å². The van der Waals surface area contributed by atoms with Crippen LogP contribution >= 0.6 is 0 Å². The minimum atomic E-state index is -0.981. The van der Waals surface area contributed by atoms with E-state index in [1.54, 1.807) is 0 Å². The van der Waals surface area contributed by atoms with Gasteiger partial charge in [0.25, 0.3) is 0 Å². The number of hydrogen-bond donors (Lipinski definition) is 1. The van der Waals surface area contributed by atoms with Crippen molar-refractivity contribution < 1.29 is 14.6 Å². The van der Waals surface area contributed by atoms with E-state index in [4.69, 9.17) is 9.84 Å². The van der Waals surface area contributed by atoms with Crippen molar-refractivity contribution in [1.29, 1.82) is 0 Å². The number of hydrogen-bond acceptors (Lipinski definition) is 2. The highest BCUT2D eigenvalue weighted by Crippen LogP contribution is 2.07. The molecule has 0 aromatic carbocycles. The fraction of sp³-hybridized carbons (Fsp3) is 0.615. The minimum absolute atomic E-state index is 0.833. The molecule has 0 saturated heterocycles. The first-order valence-electron chi connectivity index (χ1n) is 5.62. The van der Waals surface area contributed by atoms with E-state index in [0.29, 0.717) is 0 Å². The van der Waals surface area contributed by atoms with Crippen LogP contribution in [-0.2, 0) is 9.53 Å². The molecule has 3 heteroatoms. The first-order valence-corrected chi connectivity index (χ1v) is 5.62. The zero-order valence-corrected chi connectivity index (χ0v) is 10.4. The quantitative estimate of drug-likeness (QED) is 0.392. The van der Waals surface area contributed by atoms with E-state index in [1.165, 1.54) is 31.9 Å². The van der Waals surface area contributed by atoms with Crippen LogP contribution in [0.4, 0.5) is 0 Å². The molecule has 0 fully saturated rings. The molecule has 16 heavy (non-hydrogen) atoms. The highest BCUT2D eigenvalue weighted by molar-refractivity contribution is 5.78. The van der Waals surface area contributed by atoms with Crippen molar-refractivity contribution in [3.05, 3.63) is 25.5 Å². The van der Waals surface area contributed by atoms with E-state index in [9.17, 15) is 4.79 Å². The molecular weight excluding hydrogens is 204 g/mol. The number of carboxylic acid groups (broad SMARTS) is 1. The van der Waals surface area contributed by atoms with E-state index in [0.717, 1.165) is 18.6 Å². The summed E-state index contributed by atoms with van der Waals surface area (Å²) in [6.07, 6.45) is 7.47. The SMILES string of the molecule is C=CC(=O)O.C=COCCCCCC(C)C. The lowest BCUT2D eigenvalue weighted by molar-refractivity contribution is -0.131. The third-order valence-electron chi connectivity index (χ3n) is 1.84. The maximum atomic E-state index is 9.25. The van der Waals surface area contributed by atoms with Crippen LogP contribution in [0.25, 0.3) is 0 Å². The Morgan fingerprint density at radius 1 is 1.31 bits per heavy atom. The Balaban J connectivity index is 0.